The van der Waals surface area contributed by atoms with Crippen LogP contribution in [0.15, 0.2) is 18.2 Å². The molecule has 1 fully saturated rings. The van der Waals surface area contributed by atoms with E-state index in [1.807, 2.05) is 6.07 Å². The summed E-state index contributed by atoms with van der Waals surface area (Å²) in [6.07, 6.45) is 1.81. The number of carbonyl (C=O) groups excluding carboxylic acids is 1. The maximum Gasteiger partial charge on any atom is 0.140 e. The zero-order chi connectivity index (χ0) is 10.3. The molecule has 0 unspecified atom stereocenters. The lowest BCUT2D eigenvalue weighted by Crippen LogP contribution is -2.17. The minimum atomic E-state index is -0.304. The fourth-order valence-electron chi connectivity index (χ4n) is 1.81. The van der Waals surface area contributed by atoms with E-state index in [2.05, 4.69) is 0 Å². The molecule has 0 atom stereocenters. The topological polar surface area (TPSA) is 17.1 Å². The van der Waals surface area contributed by atoms with Gasteiger partial charge in [0.1, 0.15) is 5.78 Å². The predicted molar refractivity (Wildman–Crippen MR) is 58.1 cm³/mol. The van der Waals surface area contributed by atoms with Crippen LogP contribution in [0.1, 0.15) is 25.3 Å². The van der Waals surface area contributed by atoms with Crippen LogP contribution in [0.25, 0.3) is 0 Å². The SMILES string of the molecule is CC(=O)C1(c2ccc(Cl)cc2Cl)CC1. The van der Waals surface area contributed by atoms with E-state index in [9.17, 15) is 4.79 Å². The molecule has 1 aromatic carbocycles. The molecule has 1 aliphatic carbocycles. The van der Waals surface area contributed by atoms with Crippen molar-refractivity contribution in [3.63, 3.8) is 0 Å². The quantitative estimate of drug-likeness (QED) is 0.756. The van der Waals surface area contributed by atoms with Crippen molar-refractivity contribution in [1.29, 1.82) is 0 Å². The van der Waals surface area contributed by atoms with Crippen molar-refractivity contribution in [3.8, 4) is 0 Å². The number of hydrogen-bond acceptors (Lipinski definition) is 1. The minimum Gasteiger partial charge on any atom is -0.299 e. The normalized spacial score (nSPS) is 17.9. The van der Waals surface area contributed by atoms with Gasteiger partial charge in [-0.25, -0.2) is 0 Å². The Bertz CT molecular complexity index is 394. The smallest absolute Gasteiger partial charge is 0.140 e. The molecule has 0 saturated heterocycles. The first-order valence-corrected chi connectivity index (χ1v) is 5.28. The summed E-state index contributed by atoms with van der Waals surface area (Å²) in [5.41, 5.74) is 0.623. The van der Waals surface area contributed by atoms with E-state index >= 15 is 0 Å². The summed E-state index contributed by atoms with van der Waals surface area (Å²) in [6.45, 7) is 1.62. The van der Waals surface area contributed by atoms with Gasteiger partial charge in [0.2, 0.25) is 0 Å². The molecule has 0 radical (unpaired) electrons. The summed E-state index contributed by atoms with van der Waals surface area (Å²) < 4.78 is 0. The van der Waals surface area contributed by atoms with Crippen LogP contribution in [0.4, 0.5) is 0 Å². The largest absolute Gasteiger partial charge is 0.299 e. The second-order valence-corrected chi connectivity index (χ2v) is 4.61. The Balaban J connectivity index is 2.47. The van der Waals surface area contributed by atoms with Crippen LogP contribution in [0.5, 0.6) is 0 Å². The van der Waals surface area contributed by atoms with Crippen molar-refractivity contribution in [3.05, 3.63) is 33.8 Å². The van der Waals surface area contributed by atoms with Gasteiger partial charge in [0.25, 0.3) is 0 Å². The van der Waals surface area contributed by atoms with Gasteiger partial charge in [-0.05, 0) is 37.5 Å². The van der Waals surface area contributed by atoms with Crippen LogP contribution in [0.2, 0.25) is 10.0 Å². The van der Waals surface area contributed by atoms with Crippen LogP contribution in [0, 0.1) is 0 Å². The molecule has 1 aromatic rings. The molecule has 0 aliphatic heterocycles. The number of benzene rings is 1. The molecule has 1 saturated carbocycles. The van der Waals surface area contributed by atoms with Gasteiger partial charge in [0, 0.05) is 10.0 Å². The number of carbonyl (C=O) groups is 1. The first kappa shape index (κ1) is 10.0. The predicted octanol–water partition coefficient (Wildman–Crippen LogP) is 3.61. The molecular formula is C11H10Cl2O. The fraction of sp³-hybridized carbons (Fsp3) is 0.364. The molecule has 0 bridgehead atoms. The highest BCUT2D eigenvalue weighted by Crippen LogP contribution is 2.51. The average molecular weight is 229 g/mol. The lowest BCUT2D eigenvalue weighted by Gasteiger charge is -2.13. The van der Waals surface area contributed by atoms with Crippen molar-refractivity contribution in [1.82, 2.24) is 0 Å². The van der Waals surface area contributed by atoms with E-state index in [0.29, 0.717) is 10.0 Å². The van der Waals surface area contributed by atoms with Crippen LogP contribution >= 0.6 is 23.2 Å². The van der Waals surface area contributed by atoms with Crippen molar-refractivity contribution < 1.29 is 4.79 Å². The first-order chi connectivity index (χ1) is 6.56. The molecule has 0 spiro atoms. The Kier molecular flexibility index (Phi) is 2.32. The maximum atomic E-state index is 11.5. The van der Waals surface area contributed by atoms with Gasteiger partial charge in [0.05, 0.1) is 5.41 Å². The molecule has 74 valence electrons. The number of Topliss-reactive ketones (excluding diaryl/α,β-unsaturated/α-hetero) is 1. The van der Waals surface area contributed by atoms with Gasteiger partial charge >= 0.3 is 0 Å². The Morgan fingerprint density at radius 1 is 1.36 bits per heavy atom. The van der Waals surface area contributed by atoms with Crippen molar-refractivity contribution in [2.75, 3.05) is 0 Å². The fourth-order valence-corrected chi connectivity index (χ4v) is 2.40. The third-order valence-electron chi connectivity index (χ3n) is 2.87. The Morgan fingerprint density at radius 2 is 2.00 bits per heavy atom. The molecule has 0 heterocycles. The van der Waals surface area contributed by atoms with Crippen molar-refractivity contribution in [2.24, 2.45) is 0 Å². The van der Waals surface area contributed by atoms with Crippen molar-refractivity contribution >= 4 is 29.0 Å². The zero-order valence-corrected chi connectivity index (χ0v) is 9.32. The molecule has 3 heteroatoms. The molecular weight excluding hydrogens is 219 g/mol. The van der Waals surface area contributed by atoms with E-state index in [4.69, 9.17) is 23.2 Å². The van der Waals surface area contributed by atoms with E-state index in [1.165, 1.54) is 0 Å². The van der Waals surface area contributed by atoms with Gasteiger partial charge in [-0.3, -0.25) is 4.79 Å². The molecule has 1 aliphatic rings. The molecule has 2 rings (SSSR count). The highest BCUT2D eigenvalue weighted by Gasteiger charge is 2.49. The van der Waals surface area contributed by atoms with E-state index in [-0.39, 0.29) is 11.2 Å². The maximum absolute atomic E-state index is 11.5. The average Bonchev–Trinajstić information content (AvgIpc) is 2.84. The molecule has 14 heavy (non-hydrogen) atoms. The second-order valence-electron chi connectivity index (χ2n) is 3.76. The summed E-state index contributed by atoms with van der Waals surface area (Å²) >= 11 is 11.9. The molecule has 0 N–H and O–H groups in total. The third-order valence-corrected chi connectivity index (χ3v) is 3.42. The van der Waals surface area contributed by atoms with Crippen LogP contribution in [-0.2, 0) is 10.2 Å². The van der Waals surface area contributed by atoms with Crippen LogP contribution < -0.4 is 0 Å². The number of hydrogen-bond donors (Lipinski definition) is 0. The highest BCUT2D eigenvalue weighted by molar-refractivity contribution is 6.35. The second kappa shape index (κ2) is 3.25. The molecule has 0 aromatic heterocycles. The third kappa shape index (κ3) is 1.45. The summed E-state index contributed by atoms with van der Waals surface area (Å²) in [6, 6.07) is 5.34. The lowest BCUT2D eigenvalue weighted by molar-refractivity contribution is -0.119. The molecule has 1 nitrogen and oxygen atoms in total. The summed E-state index contributed by atoms with van der Waals surface area (Å²) in [5.74, 6) is 0.196. The first-order valence-electron chi connectivity index (χ1n) is 4.53. The zero-order valence-electron chi connectivity index (χ0n) is 7.81. The molecule has 0 amide bonds. The van der Waals surface area contributed by atoms with Crippen LogP contribution in [-0.4, -0.2) is 5.78 Å². The Morgan fingerprint density at radius 3 is 2.43 bits per heavy atom. The Hall–Kier alpha value is -0.530. The summed E-state index contributed by atoms with van der Waals surface area (Å²) in [4.78, 5) is 11.5. The van der Waals surface area contributed by atoms with E-state index in [1.54, 1.807) is 19.1 Å². The van der Waals surface area contributed by atoms with E-state index in [0.717, 1.165) is 18.4 Å². The number of rotatable bonds is 2. The monoisotopic (exact) mass is 228 g/mol. The van der Waals surface area contributed by atoms with Crippen molar-refractivity contribution in [2.45, 2.75) is 25.2 Å². The number of halogens is 2. The van der Waals surface area contributed by atoms with Gasteiger partial charge in [-0.2, -0.15) is 0 Å². The summed E-state index contributed by atoms with van der Waals surface area (Å²) in [5, 5.41) is 1.21. The standard InChI is InChI=1S/C11H10Cl2O/c1-7(14)11(4-5-11)9-3-2-8(12)6-10(9)13/h2-3,6H,4-5H2,1H3. The van der Waals surface area contributed by atoms with Gasteiger partial charge < -0.3 is 0 Å². The van der Waals surface area contributed by atoms with Crippen LogP contribution in [0.3, 0.4) is 0 Å². The minimum absolute atomic E-state index is 0.196. The van der Waals surface area contributed by atoms with Gasteiger partial charge in [0.15, 0.2) is 0 Å². The number of ketones is 1. The Labute approximate surface area is 93.0 Å². The van der Waals surface area contributed by atoms with E-state index < -0.39 is 0 Å². The summed E-state index contributed by atoms with van der Waals surface area (Å²) in [7, 11) is 0. The van der Waals surface area contributed by atoms with Gasteiger partial charge in [-0.15, -0.1) is 0 Å². The van der Waals surface area contributed by atoms with Gasteiger partial charge in [-0.1, -0.05) is 29.3 Å². The lowest BCUT2D eigenvalue weighted by atomic mass is 9.92. The highest BCUT2D eigenvalue weighted by atomic mass is 35.5.